The topological polar surface area (TPSA) is 23.5 Å². The Balaban J connectivity index is 2.16. The van der Waals surface area contributed by atoms with E-state index >= 15 is 0 Å². The molecular weight excluding hydrogens is 162 g/mol. The van der Waals surface area contributed by atoms with E-state index in [1.54, 1.807) is 0 Å². The Bertz CT molecular complexity index is 147. The number of aliphatic hydroxyl groups is 1. The highest BCUT2D eigenvalue weighted by Crippen LogP contribution is 2.16. The smallest absolute Gasteiger partial charge is 0.0679 e. The first-order valence-electron chi connectivity index (χ1n) is 5.48. The highest BCUT2D eigenvalue weighted by molar-refractivity contribution is 4.75. The second-order valence-electron chi connectivity index (χ2n) is 4.94. The van der Waals surface area contributed by atoms with Crippen LogP contribution < -0.4 is 0 Å². The predicted octanol–water partition coefficient (Wildman–Crippen LogP) is 1.74. The summed E-state index contributed by atoms with van der Waals surface area (Å²) < 4.78 is 0. The molecule has 0 aliphatic carbocycles. The van der Waals surface area contributed by atoms with Crippen LogP contribution in [0.15, 0.2) is 0 Å². The van der Waals surface area contributed by atoms with Gasteiger partial charge in [0, 0.05) is 19.6 Å². The first-order chi connectivity index (χ1) is 6.08. The van der Waals surface area contributed by atoms with Gasteiger partial charge in [-0.3, -0.25) is 0 Å². The summed E-state index contributed by atoms with van der Waals surface area (Å²) in [4.78, 5) is 2.39. The standard InChI is InChI=1S/C11H23NO/c1-9(2)6-10(3)7-12-5-4-11(13)8-12/h9-11,13H,4-8H2,1-3H3/t10-,11-/m0/s1. The quantitative estimate of drug-likeness (QED) is 0.721. The number of hydrogen-bond donors (Lipinski definition) is 1. The monoisotopic (exact) mass is 185 g/mol. The van der Waals surface area contributed by atoms with Crippen LogP contribution in [0.3, 0.4) is 0 Å². The van der Waals surface area contributed by atoms with Gasteiger partial charge in [0.25, 0.3) is 0 Å². The molecule has 0 unspecified atom stereocenters. The van der Waals surface area contributed by atoms with E-state index in [1.165, 1.54) is 6.42 Å². The molecule has 0 radical (unpaired) electrons. The summed E-state index contributed by atoms with van der Waals surface area (Å²) in [5, 5.41) is 9.35. The molecule has 1 heterocycles. The molecule has 0 saturated carbocycles. The molecule has 13 heavy (non-hydrogen) atoms. The molecule has 0 aromatic rings. The molecular formula is C11H23NO. The Morgan fingerprint density at radius 3 is 2.54 bits per heavy atom. The zero-order valence-electron chi connectivity index (χ0n) is 9.16. The molecule has 1 rings (SSSR count). The molecule has 0 amide bonds. The molecule has 2 atom stereocenters. The van der Waals surface area contributed by atoms with Crippen LogP contribution in [0.25, 0.3) is 0 Å². The summed E-state index contributed by atoms with van der Waals surface area (Å²) in [6, 6.07) is 0. The van der Waals surface area contributed by atoms with Crippen molar-refractivity contribution in [2.75, 3.05) is 19.6 Å². The normalized spacial score (nSPS) is 27.0. The Morgan fingerprint density at radius 1 is 1.38 bits per heavy atom. The molecule has 1 N–H and O–H groups in total. The van der Waals surface area contributed by atoms with Crippen LogP contribution in [0.5, 0.6) is 0 Å². The zero-order chi connectivity index (χ0) is 9.84. The van der Waals surface area contributed by atoms with E-state index in [0.717, 1.165) is 37.9 Å². The minimum Gasteiger partial charge on any atom is -0.392 e. The highest BCUT2D eigenvalue weighted by Gasteiger charge is 2.21. The van der Waals surface area contributed by atoms with Crippen LogP contribution in [-0.4, -0.2) is 35.7 Å². The molecule has 1 saturated heterocycles. The summed E-state index contributed by atoms with van der Waals surface area (Å²) in [6.45, 7) is 10.00. The lowest BCUT2D eigenvalue weighted by atomic mass is 9.98. The van der Waals surface area contributed by atoms with E-state index in [2.05, 4.69) is 25.7 Å². The average molecular weight is 185 g/mol. The maximum absolute atomic E-state index is 9.35. The Hall–Kier alpha value is -0.0800. The van der Waals surface area contributed by atoms with Gasteiger partial charge in [-0.25, -0.2) is 0 Å². The fourth-order valence-corrected chi connectivity index (χ4v) is 2.30. The van der Waals surface area contributed by atoms with Crippen molar-refractivity contribution in [2.24, 2.45) is 11.8 Å². The van der Waals surface area contributed by atoms with E-state index in [0.29, 0.717) is 0 Å². The third-order valence-corrected chi connectivity index (χ3v) is 2.69. The summed E-state index contributed by atoms with van der Waals surface area (Å²) in [6.07, 6.45) is 2.20. The van der Waals surface area contributed by atoms with Crippen molar-refractivity contribution in [3.63, 3.8) is 0 Å². The van der Waals surface area contributed by atoms with Gasteiger partial charge in [0.05, 0.1) is 6.10 Å². The molecule has 0 spiro atoms. The summed E-state index contributed by atoms with van der Waals surface area (Å²) in [7, 11) is 0. The zero-order valence-corrected chi connectivity index (χ0v) is 9.16. The van der Waals surface area contributed by atoms with E-state index in [-0.39, 0.29) is 6.10 Å². The van der Waals surface area contributed by atoms with E-state index in [4.69, 9.17) is 0 Å². The largest absolute Gasteiger partial charge is 0.392 e. The first-order valence-corrected chi connectivity index (χ1v) is 5.48. The number of likely N-dealkylation sites (tertiary alicyclic amines) is 1. The van der Waals surface area contributed by atoms with Crippen molar-refractivity contribution in [1.29, 1.82) is 0 Å². The fourth-order valence-electron chi connectivity index (χ4n) is 2.30. The van der Waals surface area contributed by atoms with Crippen LogP contribution in [0.1, 0.15) is 33.6 Å². The van der Waals surface area contributed by atoms with E-state index in [9.17, 15) is 5.11 Å². The number of hydrogen-bond acceptors (Lipinski definition) is 2. The summed E-state index contributed by atoms with van der Waals surface area (Å²) in [5.41, 5.74) is 0. The Kier molecular flexibility index (Phi) is 4.20. The molecule has 2 nitrogen and oxygen atoms in total. The van der Waals surface area contributed by atoms with Gasteiger partial charge in [-0.2, -0.15) is 0 Å². The van der Waals surface area contributed by atoms with Crippen molar-refractivity contribution in [2.45, 2.75) is 39.7 Å². The third kappa shape index (κ3) is 4.10. The fraction of sp³-hybridized carbons (Fsp3) is 1.00. The van der Waals surface area contributed by atoms with Gasteiger partial charge in [-0.1, -0.05) is 20.8 Å². The van der Waals surface area contributed by atoms with Crippen molar-refractivity contribution in [3.8, 4) is 0 Å². The molecule has 1 fully saturated rings. The number of nitrogens with zero attached hydrogens (tertiary/aromatic N) is 1. The van der Waals surface area contributed by atoms with Gasteiger partial charge >= 0.3 is 0 Å². The van der Waals surface area contributed by atoms with Crippen LogP contribution >= 0.6 is 0 Å². The minimum atomic E-state index is -0.0637. The maximum Gasteiger partial charge on any atom is 0.0679 e. The molecule has 0 aromatic carbocycles. The Morgan fingerprint density at radius 2 is 2.08 bits per heavy atom. The summed E-state index contributed by atoms with van der Waals surface area (Å²) in [5.74, 6) is 1.56. The maximum atomic E-state index is 9.35. The van der Waals surface area contributed by atoms with Crippen molar-refractivity contribution >= 4 is 0 Å². The van der Waals surface area contributed by atoms with E-state index in [1.807, 2.05) is 0 Å². The molecule has 0 bridgehead atoms. The molecule has 0 aromatic heterocycles. The van der Waals surface area contributed by atoms with Gasteiger partial charge in [0.1, 0.15) is 0 Å². The Labute approximate surface area is 81.9 Å². The van der Waals surface area contributed by atoms with Gasteiger partial charge in [-0.05, 0) is 24.7 Å². The van der Waals surface area contributed by atoms with Gasteiger partial charge in [-0.15, -0.1) is 0 Å². The van der Waals surface area contributed by atoms with Crippen molar-refractivity contribution in [3.05, 3.63) is 0 Å². The van der Waals surface area contributed by atoms with Crippen molar-refractivity contribution < 1.29 is 5.11 Å². The first kappa shape index (κ1) is 11.0. The predicted molar refractivity (Wildman–Crippen MR) is 55.7 cm³/mol. The van der Waals surface area contributed by atoms with Crippen LogP contribution in [0.4, 0.5) is 0 Å². The van der Waals surface area contributed by atoms with Gasteiger partial charge in [0.2, 0.25) is 0 Å². The second-order valence-corrected chi connectivity index (χ2v) is 4.94. The lowest BCUT2D eigenvalue weighted by Crippen LogP contribution is -2.27. The van der Waals surface area contributed by atoms with Crippen LogP contribution in [0, 0.1) is 11.8 Å². The van der Waals surface area contributed by atoms with Gasteiger partial charge < -0.3 is 10.0 Å². The van der Waals surface area contributed by atoms with Gasteiger partial charge in [0.15, 0.2) is 0 Å². The SMILES string of the molecule is CC(C)C[C@H](C)CN1CC[C@H](O)C1. The minimum absolute atomic E-state index is 0.0637. The molecule has 78 valence electrons. The average Bonchev–Trinajstić information content (AvgIpc) is 2.33. The lowest BCUT2D eigenvalue weighted by molar-refractivity contribution is 0.169. The number of β-amino-alcohol motifs (C(OH)–C–C–N with tert-alkyl or cyclic N) is 1. The lowest BCUT2D eigenvalue weighted by Gasteiger charge is -2.21. The number of aliphatic hydroxyl groups excluding tert-OH is 1. The van der Waals surface area contributed by atoms with Crippen LogP contribution in [0.2, 0.25) is 0 Å². The highest BCUT2D eigenvalue weighted by atomic mass is 16.3. The summed E-state index contributed by atoms with van der Waals surface area (Å²) >= 11 is 0. The molecule has 1 aliphatic heterocycles. The van der Waals surface area contributed by atoms with Crippen LogP contribution in [-0.2, 0) is 0 Å². The van der Waals surface area contributed by atoms with Crippen molar-refractivity contribution in [1.82, 2.24) is 4.90 Å². The molecule has 2 heteroatoms. The number of rotatable bonds is 4. The molecule has 1 aliphatic rings. The van der Waals surface area contributed by atoms with E-state index < -0.39 is 0 Å². The third-order valence-electron chi connectivity index (χ3n) is 2.69. The second kappa shape index (κ2) is 4.97.